The maximum atomic E-state index is 13.5. The van der Waals surface area contributed by atoms with E-state index in [9.17, 15) is 13.6 Å². The van der Waals surface area contributed by atoms with E-state index in [2.05, 4.69) is 10.0 Å². The molecule has 9 heteroatoms. The van der Waals surface area contributed by atoms with E-state index in [0.29, 0.717) is 17.8 Å². The molecule has 0 heterocycles. The summed E-state index contributed by atoms with van der Waals surface area (Å²) in [5.41, 5.74) is 10.3. The number of nitrogens with zero attached hydrogens (tertiary/aromatic N) is 1. The van der Waals surface area contributed by atoms with Crippen molar-refractivity contribution >= 4 is 34.5 Å². The van der Waals surface area contributed by atoms with Gasteiger partial charge in [0, 0.05) is 29.4 Å². The number of nitrogens with two attached hydrogens (primary N) is 1. The number of anilines is 2. The molecule has 0 aromatic heterocycles. The zero-order valence-electron chi connectivity index (χ0n) is 20.7. The van der Waals surface area contributed by atoms with Crippen LogP contribution in [0.15, 0.2) is 72.8 Å². The molecule has 1 fully saturated rings. The highest BCUT2D eigenvalue weighted by molar-refractivity contribution is 7.80. The largest absolute Gasteiger partial charge is 0.384 e. The molecule has 8 nitrogen and oxygen atoms in total. The van der Waals surface area contributed by atoms with Gasteiger partial charge in [0.15, 0.2) is 0 Å². The van der Waals surface area contributed by atoms with Crippen LogP contribution in [0.5, 0.6) is 0 Å². The van der Waals surface area contributed by atoms with Gasteiger partial charge in [0.25, 0.3) is 11.3 Å². The fourth-order valence-corrected chi connectivity index (χ4v) is 5.18. The number of para-hydroxylation sites is 1. The summed E-state index contributed by atoms with van der Waals surface area (Å²) < 4.78 is 23.0. The first kappa shape index (κ1) is 26.4. The van der Waals surface area contributed by atoms with E-state index >= 15 is 0 Å². The van der Waals surface area contributed by atoms with E-state index in [4.69, 9.17) is 11.1 Å². The van der Waals surface area contributed by atoms with E-state index in [-0.39, 0.29) is 17.9 Å². The number of carbonyl (C=O) groups excluding carboxylic acids is 1. The van der Waals surface area contributed by atoms with Crippen LogP contribution >= 0.6 is 0 Å². The Bertz CT molecular complexity index is 1260. The highest BCUT2D eigenvalue weighted by atomic mass is 32.2. The number of hydrogen-bond donors (Lipinski definition) is 5. The molecule has 1 unspecified atom stereocenters. The minimum absolute atomic E-state index is 0.0230. The second kappa shape index (κ2) is 12.5. The van der Waals surface area contributed by atoms with E-state index in [1.165, 1.54) is 12.8 Å². The van der Waals surface area contributed by atoms with Crippen LogP contribution in [0.4, 0.5) is 16.2 Å². The first-order valence-electron chi connectivity index (χ1n) is 12.5. The molecule has 1 aliphatic rings. The Morgan fingerprint density at radius 1 is 1.00 bits per heavy atom. The molecular weight excluding hydrogens is 486 g/mol. The summed E-state index contributed by atoms with van der Waals surface area (Å²) in [6.45, 7) is 0.356. The van der Waals surface area contributed by atoms with Gasteiger partial charge in [-0.2, -0.15) is 0 Å². The lowest BCUT2D eigenvalue weighted by Crippen LogP contribution is -2.46. The van der Waals surface area contributed by atoms with Crippen molar-refractivity contribution in [1.29, 1.82) is 5.41 Å². The molecule has 3 aromatic carbocycles. The van der Waals surface area contributed by atoms with E-state index in [1.54, 1.807) is 18.2 Å². The molecule has 0 radical (unpaired) electrons. The van der Waals surface area contributed by atoms with Crippen LogP contribution in [0, 0.1) is 5.41 Å². The minimum Gasteiger partial charge on any atom is -0.384 e. The van der Waals surface area contributed by atoms with Gasteiger partial charge in [0.05, 0.1) is 5.69 Å². The Morgan fingerprint density at radius 3 is 2.38 bits per heavy atom. The lowest BCUT2D eigenvalue weighted by molar-refractivity contribution is 0.242. The summed E-state index contributed by atoms with van der Waals surface area (Å²) in [6.07, 6.45) is 6.42. The van der Waals surface area contributed by atoms with Crippen molar-refractivity contribution in [2.24, 2.45) is 5.73 Å². The monoisotopic (exact) mass is 519 g/mol. The summed E-state index contributed by atoms with van der Waals surface area (Å²) in [4.78, 5) is 15.4. The summed E-state index contributed by atoms with van der Waals surface area (Å²) >= 11 is -2.16. The van der Waals surface area contributed by atoms with Gasteiger partial charge in [-0.05, 0) is 42.2 Å². The fraction of sp³-hybridized carbons (Fsp3) is 0.286. The predicted octanol–water partition coefficient (Wildman–Crippen LogP) is 5.63. The van der Waals surface area contributed by atoms with Crippen molar-refractivity contribution in [3.05, 3.63) is 83.9 Å². The molecule has 4 rings (SSSR count). The van der Waals surface area contributed by atoms with Gasteiger partial charge in [-0.3, -0.25) is 19.6 Å². The molecule has 0 aliphatic heterocycles. The van der Waals surface area contributed by atoms with Gasteiger partial charge in [-0.15, -0.1) is 0 Å². The van der Waals surface area contributed by atoms with Crippen LogP contribution < -0.4 is 20.7 Å². The second-order valence-corrected chi connectivity index (χ2v) is 9.93. The molecule has 1 saturated carbocycles. The molecule has 37 heavy (non-hydrogen) atoms. The third-order valence-electron chi connectivity index (χ3n) is 6.68. The zero-order valence-corrected chi connectivity index (χ0v) is 21.5. The van der Waals surface area contributed by atoms with Crippen LogP contribution in [0.2, 0.25) is 0 Å². The van der Waals surface area contributed by atoms with Gasteiger partial charge in [0.1, 0.15) is 5.84 Å². The van der Waals surface area contributed by atoms with Crippen molar-refractivity contribution in [2.45, 2.75) is 51.1 Å². The van der Waals surface area contributed by atoms with Crippen molar-refractivity contribution in [1.82, 2.24) is 5.32 Å². The average Bonchev–Trinajstić information content (AvgIpc) is 3.17. The van der Waals surface area contributed by atoms with Crippen LogP contribution in [-0.2, 0) is 17.8 Å². The maximum Gasteiger partial charge on any atom is 0.322 e. The average molecular weight is 520 g/mol. The normalized spacial score (nSPS) is 14.8. The minimum atomic E-state index is -2.16. The lowest BCUT2D eigenvalue weighted by Gasteiger charge is -2.32. The number of amides is 2. The van der Waals surface area contributed by atoms with E-state index in [0.717, 1.165) is 48.1 Å². The molecule has 1 aliphatic carbocycles. The number of nitrogen functional groups attached to an aromatic ring is 1. The Morgan fingerprint density at radius 2 is 1.70 bits per heavy atom. The standard InChI is InChI=1S/C28H33N5O3S/c29-27(30)22-8-7-11-24(18-22)33(23-9-3-1-2-4-10-23)28(34)31-19-20-14-16-21(17-15-20)25-12-5-6-13-26(25)32-37(35)36/h5-8,11-18,23,32H,1-4,9-10,19H2,(H3,29,30)(H,31,34)(H,35,36). The van der Waals surface area contributed by atoms with Crippen LogP contribution in [0.3, 0.4) is 0 Å². The van der Waals surface area contributed by atoms with E-state index < -0.39 is 11.3 Å². The van der Waals surface area contributed by atoms with Crippen LogP contribution in [0.25, 0.3) is 11.1 Å². The van der Waals surface area contributed by atoms with Gasteiger partial charge in [-0.1, -0.05) is 80.3 Å². The Labute approximate surface area is 220 Å². The molecule has 194 valence electrons. The molecule has 0 saturated heterocycles. The Hall–Kier alpha value is -3.69. The lowest BCUT2D eigenvalue weighted by atomic mass is 10.0. The van der Waals surface area contributed by atoms with Gasteiger partial charge < -0.3 is 11.1 Å². The summed E-state index contributed by atoms with van der Waals surface area (Å²) in [5.74, 6) is -0.0230. The number of urea groups is 1. The van der Waals surface area contributed by atoms with Crippen LogP contribution in [-0.4, -0.2) is 26.7 Å². The van der Waals surface area contributed by atoms with Crippen molar-refractivity contribution in [3.8, 4) is 11.1 Å². The highest BCUT2D eigenvalue weighted by Crippen LogP contribution is 2.29. The topological polar surface area (TPSA) is 132 Å². The summed E-state index contributed by atoms with van der Waals surface area (Å²) in [7, 11) is 0. The Balaban J connectivity index is 1.50. The molecule has 1 atom stereocenters. The van der Waals surface area contributed by atoms with Crippen molar-refractivity contribution < 1.29 is 13.6 Å². The quantitative estimate of drug-likeness (QED) is 0.114. The summed E-state index contributed by atoms with van der Waals surface area (Å²) in [6, 6.07) is 22.3. The van der Waals surface area contributed by atoms with Crippen molar-refractivity contribution in [2.75, 3.05) is 9.62 Å². The molecule has 0 bridgehead atoms. The molecule has 2 amide bonds. The smallest absolute Gasteiger partial charge is 0.322 e. The number of amidine groups is 1. The Kier molecular flexibility index (Phi) is 8.92. The number of nitrogens with one attached hydrogen (secondary N) is 3. The van der Waals surface area contributed by atoms with Gasteiger partial charge >= 0.3 is 6.03 Å². The van der Waals surface area contributed by atoms with Crippen LogP contribution in [0.1, 0.15) is 49.7 Å². The summed E-state index contributed by atoms with van der Waals surface area (Å²) in [5, 5.41) is 10.9. The number of benzene rings is 3. The fourth-order valence-electron chi connectivity index (χ4n) is 4.82. The predicted molar refractivity (Wildman–Crippen MR) is 150 cm³/mol. The number of hydrogen-bond acceptors (Lipinski definition) is 3. The first-order valence-corrected chi connectivity index (χ1v) is 13.6. The highest BCUT2D eigenvalue weighted by Gasteiger charge is 2.26. The third kappa shape index (κ3) is 6.96. The van der Waals surface area contributed by atoms with Crippen molar-refractivity contribution in [3.63, 3.8) is 0 Å². The van der Waals surface area contributed by atoms with E-state index in [1.807, 2.05) is 59.5 Å². The molecule has 6 N–H and O–H groups in total. The molecule has 3 aromatic rings. The molecule has 0 spiro atoms. The maximum absolute atomic E-state index is 13.5. The number of carbonyl (C=O) groups is 1. The zero-order chi connectivity index (χ0) is 26.2. The number of rotatable bonds is 8. The SMILES string of the molecule is N=C(N)c1cccc(N(C(=O)NCc2ccc(-c3ccccc3NS(=O)O)cc2)C2CCCCCC2)c1. The third-order valence-corrected chi connectivity index (χ3v) is 7.07. The second-order valence-electron chi connectivity index (χ2n) is 9.23. The first-order chi connectivity index (χ1) is 17.9. The van der Waals surface area contributed by atoms with Gasteiger partial charge in [0.2, 0.25) is 0 Å². The molecular formula is C28H33N5O3S. The van der Waals surface area contributed by atoms with Gasteiger partial charge in [-0.25, -0.2) is 9.00 Å².